The molecule has 0 saturated carbocycles. The summed E-state index contributed by atoms with van der Waals surface area (Å²) in [5.41, 5.74) is 0. The van der Waals surface area contributed by atoms with Gasteiger partial charge in [-0.25, -0.2) is 4.98 Å². The Morgan fingerprint density at radius 3 is 2.75 bits per heavy atom. The molecule has 0 bridgehead atoms. The summed E-state index contributed by atoms with van der Waals surface area (Å²) in [7, 11) is 1.81. The third-order valence-electron chi connectivity index (χ3n) is 4.02. The van der Waals surface area contributed by atoms with Crippen LogP contribution >= 0.6 is 11.3 Å². The number of morpholine rings is 1. The van der Waals surface area contributed by atoms with Crippen LogP contribution in [0.2, 0.25) is 0 Å². The van der Waals surface area contributed by atoms with Gasteiger partial charge in [-0.1, -0.05) is 6.92 Å². The number of aryl methyl sites for hydroxylation is 1. The van der Waals surface area contributed by atoms with Crippen molar-refractivity contribution in [1.29, 1.82) is 0 Å². The monoisotopic (exact) mass is 353 g/mol. The number of aromatic nitrogens is 1. The van der Waals surface area contributed by atoms with Gasteiger partial charge in [0.15, 0.2) is 5.96 Å². The van der Waals surface area contributed by atoms with Gasteiger partial charge in [-0.05, 0) is 26.7 Å². The van der Waals surface area contributed by atoms with Crippen LogP contribution in [-0.2, 0) is 17.7 Å². The summed E-state index contributed by atoms with van der Waals surface area (Å²) in [6.07, 6.45) is 4.77. The molecule has 1 aliphatic rings. The van der Waals surface area contributed by atoms with E-state index in [1.54, 1.807) is 18.4 Å². The van der Waals surface area contributed by atoms with Crippen molar-refractivity contribution in [1.82, 2.24) is 20.5 Å². The highest BCUT2D eigenvalue weighted by molar-refractivity contribution is 7.11. The van der Waals surface area contributed by atoms with E-state index in [1.165, 1.54) is 4.88 Å². The molecule has 0 aliphatic carbocycles. The predicted octanol–water partition coefficient (Wildman–Crippen LogP) is 1.87. The molecule has 1 aliphatic heterocycles. The second-order valence-corrected chi connectivity index (χ2v) is 7.50. The first-order valence-electron chi connectivity index (χ1n) is 8.86. The average molecular weight is 354 g/mol. The fourth-order valence-corrected chi connectivity index (χ4v) is 3.75. The Labute approximate surface area is 149 Å². The molecule has 7 heteroatoms. The molecule has 2 atom stereocenters. The number of aliphatic imine (C=N–C) groups is 1. The van der Waals surface area contributed by atoms with Crippen LogP contribution in [0.15, 0.2) is 11.2 Å². The van der Waals surface area contributed by atoms with Crippen LogP contribution in [0.4, 0.5) is 0 Å². The number of rotatable bonds is 7. The van der Waals surface area contributed by atoms with E-state index in [9.17, 15) is 0 Å². The first-order chi connectivity index (χ1) is 11.6. The summed E-state index contributed by atoms with van der Waals surface area (Å²) in [5.74, 6) is 0.840. The van der Waals surface area contributed by atoms with Gasteiger partial charge in [0.25, 0.3) is 0 Å². The van der Waals surface area contributed by atoms with Gasteiger partial charge in [0.2, 0.25) is 0 Å². The highest BCUT2D eigenvalue weighted by atomic mass is 32.1. The lowest BCUT2D eigenvalue weighted by atomic mass is 10.2. The van der Waals surface area contributed by atoms with E-state index in [0.717, 1.165) is 56.5 Å². The lowest BCUT2D eigenvalue weighted by Gasteiger charge is -2.35. The lowest BCUT2D eigenvalue weighted by molar-refractivity contribution is -0.0679. The van der Waals surface area contributed by atoms with Crippen LogP contribution in [0.25, 0.3) is 0 Å². The fourth-order valence-electron chi connectivity index (χ4n) is 2.95. The van der Waals surface area contributed by atoms with Crippen molar-refractivity contribution in [2.24, 2.45) is 4.99 Å². The van der Waals surface area contributed by atoms with Gasteiger partial charge in [0, 0.05) is 44.3 Å². The Balaban J connectivity index is 1.63. The van der Waals surface area contributed by atoms with Crippen LogP contribution in [0.5, 0.6) is 0 Å². The molecule has 1 aromatic rings. The highest BCUT2D eigenvalue weighted by Gasteiger charge is 2.21. The maximum absolute atomic E-state index is 5.77. The molecule has 2 heterocycles. The molecule has 2 N–H and O–H groups in total. The molecule has 2 unspecified atom stereocenters. The van der Waals surface area contributed by atoms with Gasteiger partial charge in [0.1, 0.15) is 5.01 Å². The van der Waals surface area contributed by atoms with Crippen LogP contribution in [-0.4, -0.2) is 61.3 Å². The van der Waals surface area contributed by atoms with Gasteiger partial charge in [-0.15, -0.1) is 11.3 Å². The topological polar surface area (TPSA) is 61.8 Å². The zero-order chi connectivity index (χ0) is 17.4. The standard InChI is InChI=1S/C17H31N5OS/c1-5-15-9-20-16(24-15)10-21-17(18-4)19-7-6-8-22-11-13(2)23-14(3)12-22/h9,13-14H,5-8,10-12H2,1-4H3,(H2,18,19,21). The van der Waals surface area contributed by atoms with Crippen molar-refractivity contribution < 1.29 is 4.74 Å². The Kier molecular flexibility index (Phi) is 7.94. The zero-order valence-corrected chi connectivity index (χ0v) is 16.2. The number of guanidine groups is 1. The maximum atomic E-state index is 5.77. The number of nitrogens with one attached hydrogen (secondary N) is 2. The van der Waals surface area contributed by atoms with Crippen LogP contribution in [0.1, 0.15) is 37.1 Å². The number of nitrogens with zero attached hydrogens (tertiary/aromatic N) is 3. The fraction of sp³-hybridized carbons (Fsp3) is 0.765. The van der Waals surface area contributed by atoms with Crippen molar-refractivity contribution >= 4 is 17.3 Å². The summed E-state index contributed by atoms with van der Waals surface area (Å²) in [6.45, 7) is 11.2. The Hall–Kier alpha value is -1.18. The van der Waals surface area contributed by atoms with Gasteiger partial charge < -0.3 is 15.4 Å². The molecule has 0 amide bonds. The Morgan fingerprint density at radius 2 is 2.12 bits per heavy atom. The average Bonchev–Trinajstić information content (AvgIpc) is 3.01. The van der Waals surface area contributed by atoms with E-state index in [2.05, 4.69) is 46.3 Å². The minimum absolute atomic E-state index is 0.336. The minimum Gasteiger partial charge on any atom is -0.373 e. The Morgan fingerprint density at radius 1 is 1.38 bits per heavy atom. The number of thiazole rings is 1. The van der Waals surface area contributed by atoms with Crippen LogP contribution in [0.3, 0.4) is 0 Å². The highest BCUT2D eigenvalue weighted by Crippen LogP contribution is 2.13. The van der Waals surface area contributed by atoms with Crippen molar-refractivity contribution in [2.45, 2.75) is 52.4 Å². The summed E-state index contributed by atoms with van der Waals surface area (Å²) in [6, 6.07) is 0. The second kappa shape index (κ2) is 9.96. The minimum atomic E-state index is 0.336. The third-order valence-corrected chi connectivity index (χ3v) is 5.16. The van der Waals surface area contributed by atoms with E-state index >= 15 is 0 Å². The van der Waals surface area contributed by atoms with E-state index in [0.29, 0.717) is 12.2 Å². The first-order valence-corrected chi connectivity index (χ1v) is 9.68. The lowest BCUT2D eigenvalue weighted by Crippen LogP contribution is -2.46. The zero-order valence-electron chi connectivity index (χ0n) is 15.3. The molecule has 136 valence electrons. The van der Waals surface area contributed by atoms with Crippen molar-refractivity contribution in [3.8, 4) is 0 Å². The van der Waals surface area contributed by atoms with Gasteiger partial charge >= 0.3 is 0 Å². The number of ether oxygens (including phenoxy) is 1. The summed E-state index contributed by atoms with van der Waals surface area (Å²) in [5, 5.41) is 7.81. The van der Waals surface area contributed by atoms with Gasteiger partial charge in [-0.3, -0.25) is 9.89 Å². The molecular formula is C17H31N5OS. The second-order valence-electron chi connectivity index (χ2n) is 6.30. The van der Waals surface area contributed by atoms with Gasteiger partial charge in [0.05, 0.1) is 18.8 Å². The van der Waals surface area contributed by atoms with E-state index in [-0.39, 0.29) is 0 Å². The van der Waals surface area contributed by atoms with Gasteiger partial charge in [-0.2, -0.15) is 0 Å². The largest absolute Gasteiger partial charge is 0.373 e. The molecule has 1 aromatic heterocycles. The summed E-state index contributed by atoms with van der Waals surface area (Å²) < 4.78 is 5.77. The van der Waals surface area contributed by atoms with E-state index in [4.69, 9.17) is 4.74 Å². The predicted molar refractivity (Wildman–Crippen MR) is 101 cm³/mol. The van der Waals surface area contributed by atoms with E-state index in [1.807, 2.05) is 6.20 Å². The van der Waals surface area contributed by atoms with Crippen molar-refractivity contribution in [3.63, 3.8) is 0 Å². The summed E-state index contributed by atoms with van der Waals surface area (Å²) in [4.78, 5) is 12.5. The first kappa shape index (κ1) is 19.1. The molecule has 24 heavy (non-hydrogen) atoms. The quantitative estimate of drug-likeness (QED) is 0.445. The number of hydrogen-bond acceptors (Lipinski definition) is 5. The molecular weight excluding hydrogens is 322 g/mol. The van der Waals surface area contributed by atoms with Crippen molar-refractivity contribution in [2.75, 3.05) is 33.2 Å². The molecule has 0 radical (unpaired) electrons. The molecule has 0 aromatic carbocycles. The maximum Gasteiger partial charge on any atom is 0.191 e. The third kappa shape index (κ3) is 6.37. The van der Waals surface area contributed by atoms with Crippen LogP contribution < -0.4 is 10.6 Å². The molecule has 1 fully saturated rings. The molecule has 6 nitrogen and oxygen atoms in total. The molecule has 2 rings (SSSR count). The Bertz CT molecular complexity index is 509. The molecule has 0 spiro atoms. The van der Waals surface area contributed by atoms with Crippen LogP contribution in [0, 0.1) is 0 Å². The van der Waals surface area contributed by atoms with E-state index < -0.39 is 0 Å². The van der Waals surface area contributed by atoms with Crippen molar-refractivity contribution in [3.05, 3.63) is 16.1 Å². The SMILES string of the molecule is CCc1cnc(CNC(=NC)NCCCN2CC(C)OC(C)C2)s1. The smallest absolute Gasteiger partial charge is 0.191 e. The summed E-state index contributed by atoms with van der Waals surface area (Å²) >= 11 is 1.76. The number of hydrogen-bond donors (Lipinski definition) is 2. The molecule has 1 saturated heterocycles. The normalized spacial score (nSPS) is 22.6.